The Morgan fingerprint density at radius 1 is 0.973 bits per heavy atom. The highest BCUT2D eigenvalue weighted by Gasteiger charge is 2.29. The molecule has 7 nitrogen and oxygen atoms in total. The maximum absolute atomic E-state index is 13.6. The molecule has 0 aliphatic heterocycles. The second-order valence-corrected chi connectivity index (χ2v) is 12.1. The van der Waals surface area contributed by atoms with Gasteiger partial charge in [0.15, 0.2) is 0 Å². The molecule has 0 spiro atoms. The van der Waals surface area contributed by atoms with Crippen LogP contribution in [0.2, 0.25) is 0 Å². The SMILES string of the molecule is CCC(C(=O)NCC(C)C)N(Cc1ccccc1C)C(=O)CCCN(c1cccc(C)c1C)S(C)(=O)=O. The number of nitrogens with one attached hydrogen (secondary N) is 1. The van der Waals surface area contributed by atoms with Crippen LogP contribution in [0, 0.1) is 26.7 Å². The Morgan fingerprint density at radius 3 is 2.22 bits per heavy atom. The van der Waals surface area contributed by atoms with E-state index < -0.39 is 16.1 Å². The third-order valence-electron chi connectivity index (χ3n) is 6.67. The van der Waals surface area contributed by atoms with E-state index in [1.807, 2.05) is 77.9 Å². The lowest BCUT2D eigenvalue weighted by atomic mass is 10.0. The number of nitrogens with zero attached hydrogens (tertiary/aromatic N) is 2. The van der Waals surface area contributed by atoms with Crippen molar-refractivity contribution in [1.82, 2.24) is 10.2 Å². The van der Waals surface area contributed by atoms with Crippen LogP contribution in [0.1, 0.15) is 62.3 Å². The molecule has 0 heterocycles. The van der Waals surface area contributed by atoms with Crippen LogP contribution in [-0.2, 0) is 26.2 Å². The summed E-state index contributed by atoms with van der Waals surface area (Å²) in [5.74, 6) is -0.0236. The van der Waals surface area contributed by atoms with Gasteiger partial charge in [0.25, 0.3) is 0 Å². The summed E-state index contributed by atoms with van der Waals surface area (Å²) in [5, 5.41) is 2.98. The number of hydrogen-bond acceptors (Lipinski definition) is 4. The molecule has 8 heteroatoms. The lowest BCUT2D eigenvalue weighted by Gasteiger charge is -2.32. The van der Waals surface area contributed by atoms with Gasteiger partial charge in [0.2, 0.25) is 21.8 Å². The third kappa shape index (κ3) is 8.59. The summed E-state index contributed by atoms with van der Waals surface area (Å²) in [6.45, 7) is 12.9. The van der Waals surface area contributed by atoms with Crippen LogP contribution in [0.5, 0.6) is 0 Å². The molecule has 2 aromatic carbocycles. The Morgan fingerprint density at radius 2 is 1.62 bits per heavy atom. The number of amides is 2. The molecule has 1 unspecified atom stereocenters. The standard InChI is InChI=1S/C29H43N3O4S/c1-8-26(29(34)30-19-21(2)3)31(20-25-15-10-9-13-23(25)5)28(33)17-12-18-32(37(7,35)36)27-16-11-14-22(4)24(27)6/h9-11,13-16,21,26H,8,12,17-20H2,1-7H3,(H,30,34). The summed E-state index contributed by atoms with van der Waals surface area (Å²) >= 11 is 0. The number of sulfonamides is 1. The fraction of sp³-hybridized carbons (Fsp3) is 0.517. The third-order valence-corrected chi connectivity index (χ3v) is 7.85. The van der Waals surface area contributed by atoms with E-state index in [4.69, 9.17) is 0 Å². The second-order valence-electron chi connectivity index (χ2n) is 10.2. The number of benzene rings is 2. The topological polar surface area (TPSA) is 86.8 Å². The quantitative estimate of drug-likeness (QED) is 0.406. The van der Waals surface area contributed by atoms with Gasteiger partial charge in [-0.05, 0) is 67.9 Å². The maximum Gasteiger partial charge on any atom is 0.242 e. The molecule has 0 aliphatic rings. The van der Waals surface area contributed by atoms with Crippen molar-refractivity contribution in [2.45, 2.75) is 73.4 Å². The highest BCUT2D eigenvalue weighted by molar-refractivity contribution is 7.92. The molecular formula is C29H43N3O4S. The lowest BCUT2D eigenvalue weighted by Crippen LogP contribution is -2.49. The molecule has 0 aromatic heterocycles. The average Bonchev–Trinajstić information content (AvgIpc) is 2.82. The van der Waals surface area contributed by atoms with E-state index in [-0.39, 0.29) is 24.8 Å². The first-order valence-electron chi connectivity index (χ1n) is 13.0. The Bertz CT molecular complexity index is 1180. The molecular weight excluding hydrogens is 486 g/mol. The van der Waals surface area contributed by atoms with Gasteiger partial charge in [-0.25, -0.2) is 8.42 Å². The monoisotopic (exact) mass is 529 g/mol. The van der Waals surface area contributed by atoms with Crippen molar-refractivity contribution < 1.29 is 18.0 Å². The molecule has 0 bridgehead atoms. The van der Waals surface area contributed by atoms with E-state index in [2.05, 4.69) is 5.32 Å². The van der Waals surface area contributed by atoms with Crippen molar-refractivity contribution in [2.24, 2.45) is 5.92 Å². The van der Waals surface area contributed by atoms with Crippen molar-refractivity contribution in [3.63, 3.8) is 0 Å². The largest absolute Gasteiger partial charge is 0.354 e. The van der Waals surface area contributed by atoms with Gasteiger partial charge in [-0.1, -0.05) is 57.2 Å². The van der Waals surface area contributed by atoms with E-state index >= 15 is 0 Å². The number of carbonyl (C=O) groups is 2. The number of rotatable bonds is 13. The zero-order chi connectivity index (χ0) is 27.8. The van der Waals surface area contributed by atoms with Crippen LogP contribution in [0.4, 0.5) is 5.69 Å². The normalized spacial score (nSPS) is 12.3. The summed E-state index contributed by atoms with van der Waals surface area (Å²) < 4.78 is 26.6. The van der Waals surface area contributed by atoms with Crippen LogP contribution in [0.15, 0.2) is 42.5 Å². The van der Waals surface area contributed by atoms with E-state index in [1.54, 1.807) is 11.0 Å². The van der Waals surface area contributed by atoms with Gasteiger partial charge in [-0.3, -0.25) is 13.9 Å². The van der Waals surface area contributed by atoms with Crippen LogP contribution >= 0.6 is 0 Å². The summed E-state index contributed by atoms with van der Waals surface area (Å²) in [6, 6.07) is 12.8. The van der Waals surface area contributed by atoms with E-state index in [0.29, 0.717) is 37.5 Å². The van der Waals surface area contributed by atoms with Gasteiger partial charge in [0.1, 0.15) is 6.04 Å². The molecule has 37 heavy (non-hydrogen) atoms. The average molecular weight is 530 g/mol. The van der Waals surface area contributed by atoms with Crippen molar-refractivity contribution in [2.75, 3.05) is 23.7 Å². The molecule has 0 fully saturated rings. The molecule has 0 saturated heterocycles. The van der Waals surface area contributed by atoms with Crippen LogP contribution in [-0.4, -0.2) is 50.5 Å². The maximum atomic E-state index is 13.6. The molecule has 1 N–H and O–H groups in total. The molecule has 2 rings (SSSR count). The number of anilines is 1. The zero-order valence-electron chi connectivity index (χ0n) is 23.4. The van der Waals surface area contributed by atoms with E-state index in [1.165, 1.54) is 10.6 Å². The smallest absolute Gasteiger partial charge is 0.242 e. The van der Waals surface area contributed by atoms with Crippen LogP contribution < -0.4 is 9.62 Å². The minimum absolute atomic E-state index is 0.136. The van der Waals surface area contributed by atoms with Crippen molar-refractivity contribution in [1.29, 1.82) is 0 Å². The predicted octanol–water partition coefficient (Wildman–Crippen LogP) is 4.74. The highest BCUT2D eigenvalue weighted by Crippen LogP contribution is 2.26. The van der Waals surface area contributed by atoms with Crippen molar-refractivity contribution >= 4 is 27.5 Å². The summed E-state index contributed by atoms with van der Waals surface area (Å²) in [7, 11) is -3.54. The van der Waals surface area contributed by atoms with E-state index in [9.17, 15) is 18.0 Å². The molecule has 2 aromatic rings. The first-order chi connectivity index (χ1) is 17.4. The minimum Gasteiger partial charge on any atom is -0.354 e. The predicted molar refractivity (Wildman–Crippen MR) is 151 cm³/mol. The van der Waals surface area contributed by atoms with E-state index in [0.717, 1.165) is 22.3 Å². The van der Waals surface area contributed by atoms with Gasteiger partial charge < -0.3 is 10.2 Å². The first-order valence-corrected chi connectivity index (χ1v) is 14.9. The van der Waals surface area contributed by atoms with Gasteiger partial charge in [-0.2, -0.15) is 0 Å². The van der Waals surface area contributed by atoms with Gasteiger partial charge in [0.05, 0.1) is 11.9 Å². The fourth-order valence-corrected chi connectivity index (χ4v) is 5.32. The Balaban J connectivity index is 2.26. The fourth-order valence-electron chi connectivity index (χ4n) is 4.30. The Kier molecular flexibility index (Phi) is 11.2. The van der Waals surface area contributed by atoms with Crippen molar-refractivity contribution in [3.8, 4) is 0 Å². The molecule has 1 atom stereocenters. The number of aryl methyl sites for hydroxylation is 2. The molecule has 2 amide bonds. The lowest BCUT2D eigenvalue weighted by molar-refractivity contribution is -0.141. The summed E-state index contributed by atoms with van der Waals surface area (Å²) in [6.07, 6.45) is 2.15. The first kappa shape index (κ1) is 30.4. The van der Waals surface area contributed by atoms with Crippen LogP contribution in [0.3, 0.4) is 0 Å². The Labute approximate surface area is 223 Å². The molecule has 204 valence electrons. The van der Waals surface area contributed by atoms with Gasteiger partial charge in [-0.15, -0.1) is 0 Å². The van der Waals surface area contributed by atoms with Crippen molar-refractivity contribution in [3.05, 3.63) is 64.7 Å². The zero-order valence-corrected chi connectivity index (χ0v) is 24.2. The molecule has 0 radical (unpaired) electrons. The second kappa shape index (κ2) is 13.6. The summed E-state index contributed by atoms with van der Waals surface area (Å²) in [4.78, 5) is 28.3. The molecule has 0 saturated carbocycles. The van der Waals surface area contributed by atoms with Crippen LogP contribution in [0.25, 0.3) is 0 Å². The summed E-state index contributed by atoms with van der Waals surface area (Å²) in [5.41, 5.74) is 4.57. The number of carbonyl (C=O) groups excluding carboxylic acids is 2. The Hall–Kier alpha value is -2.87. The minimum atomic E-state index is -3.54. The van der Waals surface area contributed by atoms with Gasteiger partial charge >= 0.3 is 0 Å². The number of hydrogen-bond donors (Lipinski definition) is 1. The van der Waals surface area contributed by atoms with Gasteiger partial charge in [0, 0.05) is 26.1 Å². The highest BCUT2D eigenvalue weighted by atomic mass is 32.2. The molecule has 0 aliphatic carbocycles.